The van der Waals surface area contributed by atoms with E-state index in [9.17, 15) is 18.0 Å². The molecule has 0 unspecified atom stereocenters. The number of nitrogens with zero attached hydrogens (tertiary/aromatic N) is 3. The molecule has 1 aliphatic heterocycles. The summed E-state index contributed by atoms with van der Waals surface area (Å²) in [6, 6.07) is 5.10. The number of hydrogen-bond acceptors (Lipinski definition) is 5. The van der Waals surface area contributed by atoms with Crippen LogP contribution < -0.4 is 0 Å². The summed E-state index contributed by atoms with van der Waals surface area (Å²) in [5, 5.41) is 3.39. The van der Waals surface area contributed by atoms with Crippen LogP contribution in [0, 0.1) is 0 Å². The van der Waals surface area contributed by atoms with E-state index in [1.165, 1.54) is 0 Å². The van der Waals surface area contributed by atoms with Crippen molar-refractivity contribution in [2.75, 3.05) is 6.54 Å². The fourth-order valence-corrected chi connectivity index (χ4v) is 2.63. The van der Waals surface area contributed by atoms with Gasteiger partial charge in [-0.3, -0.25) is 0 Å². The molecule has 0 saturated carbocycles. The predicted molar refractivity (Wildman–Crippen MR) is 85.1 cm³/mol. The van der Waals surface area contributed by atoms with Crippen LogP contribution in [-0.4, -0.2) is 33.3 Å². The van der Waals surface area contributed by atoms with Crippen LogP contribution in [0.4, 0.5) is 18.0 Å². The largest absolute Gasteiger partial charge is 0.471 e. The highest BCUT2D eigenvalue weighted by Crippen LogP contribution is 2.30. The second kappa shape index (κ2) is 6.30. The SMILES string of the molecule is CC(C)(C)OC(=O)N1CCc2cc(-c3noc(C(F)(F)F)n3)ccc2C1. The molecule has 1 aliphatic rings. The Morgan fingerprint density at radius 2 is 1.96 bits per heavy atom. The number of halogens is 3. The van der Waals surface area contributed by atoms with Gasteiger partial charge in [-0.05, 0) is 44.4 Å². The Kier molecular flexibility index (Phi) is 4.41. The number of ether oxygens (including phenoxy) is 1. The quantitative estimate of drug-likeness (QED) is 0.759. The number of fused-ring (bicyclic) bond motifs is 1. The lowest BCUT2D eigenvalue weighted by atomic mass is 9.97. The van der Waals surface area contributed by atoms with Crippen molar-refractivity contribution in [3.63, 3.8) is 0 Å². The molecule has 0 atom stereocenters. The van der Waals surface area contributed by atoms with Gasteiger partial charge in [-0.15, -0.1) is 0 Å². The molecule has 2 aromatic rings. The molecule has 2 heterocycles. The fraction of sp³-hybridized carbons (Fsp3) is 0.471. The summed E-state index contributed by atoms with van der Waals surface area (Å²) in [4.78, 5) is 17.2. The van der Waals surface area contributed by atoms with E-state index in [0.29, 0.717) is 25.1 Å². The van der Waals surface area contributed by atoms with Crippen LogP contribution in [0.5, 0.6) is 0 Å². The molecular formula is C17H18F3N3O3. The molecule has 3 rings (SSSR count). The lowest BCUT2D eigenvalue weighted by Gasteiger charge is -2.31. The van der Waals surface area contributed by atoms with Crippen molar-refractivity contribution >= 4 is 6.09 Å². The van der Waals surface area contributed by atoms with Gasteiger partial charge in [0, 0.05) is 18.7 Å². The van der Waals surface area contributed by atoms with Crippen LogP contribution in [0.1, 0.15) is 37.8 Å². The fourth-order valence-electron chi connectivity index (χ4n) is 2.63. The van der Waals surface area contributed by atoms with Gasteiger partial charge in [0.15, 0.2) is 0 Å². The Bertz CT molecular complexity index is 825. The minimum Gasteiger partial charge on any atom is -0.444 e. The third-order valence-corrected chi connectivity index (χ3v) is 3.80. The summed E-state index contributed by atoms with van der Waals surface area (Å²) in [6.07, 6.45) is -4.50. The Labute approximate surface area is 147 Å². The van der Waals surface area contributed by atoms with Crippen molar-refractivity contribution in [3.05, 3.63) is 35.2 Å². The van der Waals surface area contributed by atoms with Gasteiger partial charge >= 0.3 is 18.2 Å². The van der Waals surface area contributed by atoms with Crippen LogP contribution in [0.25, 0.3) is 11.4 Å². The van der Waals surface area contributed by atoms with Gasteiger partial charge in [0.05, 0.1) is 0 Å². The van der Waals surface area contributed by atoms with Crippen LogP contribution in [-0.2, 0) is 23.9 Å². The summed E-state index contributed by atoms with van der Waals surface area (Å²) in [5.41, 5.74) is 1.70. The third-order valence-electron chi connectivity index (χ3n) is 3.80. The van der Waals surface area contributed by atoms with Gasteiger partial charge in [0.1, 0.15) is 5.60 Å². The number of alkyl halides is 3. The number of carbonyl (C=O) groups excluding carboxylic acids is 1. The maximum atomic E-state index is 12.6. The number of carbonyl (C=O) groups is 1. The molecule has 0 saturated heterocycles. The van der Waals surface area contributed by atoms with Crippen molar-refractivity contribution in [3.8, 4) is 11.4 Å². The second-order valence-corrected chi connectivity index (χ2v) is 7.06. The minimum absolute atomic E-state index is 0.116. The number of rotatable bonds is 1. The molecule has 9 heteroatoms. The van der Waals surface area contributed by atoms with E-state index in [1.807, 2.05) is 0 Å². The standard InChI is InChI=1S/C17H18F3N3O3/c1-16(2,3)25-15(24)23-7-6-10-8-11(4-5-12(10)9-23)13-21-14(26-22-13)17(18,19)20/h4-5,8H,6-7,9H2,1-3H3. The van der Waals surface area contributed by atoms with Crippen LogP contribution in [0.2, 0.25) is 0 Å². The maximum Gasteiger partial charge on any atom is 0.471 e. The molecular weight excluding hydrogens is 351 g/mol. The number of aromatic nitrogens is 2. The van der Waals surface area contributed by atoms with E-state index < -0.39 is 17.7 Å². The van der Waals surface area contributed by atoms with E-state index in [1.54, 1.807) is 43.9 Å². The summed E-state index contributed by atoms with van der Waals surface area (Å²) in [5.74, 6) is -1.49. The monoisotopic (exact) mass is 369 g/mol. The van der Waals surface area contributed by atoms with Gasteiger partial charge in [0.2, 0.25) is 5.82 Å². The second-order valence-electron chi connectivity index (χ2n) is 7.06. The molecule has 1 aromatic carbocycles. The maximum absolute atomic E-state index is 12.6. The molecule has 0 aliphatic carbocycles. The first-order valence-corrected chi connectivity index (χ1v) is 8.04. The molecule has 0 radical (unpaired) electrons. The summed E-state index contributed by atoms with van der Waals surface area (Å²) < 4.78 is 47.4. The molecule has 26 heavy (non-hydrogen) atoms. The first kappa shape index (κ1) is 18.2. The number of benzene rings is 1. The zero-order chi connectivity index (χ0) is 19.1. The highest BCUT2D eigenvalue weighted by molar-refractivity contribution is 5.69. The molecule has 1 aromatic heterocycles. The topological polar surface area (TPSA) is 68.5 Å². The first-order chi connectivity index (χ1) is 12.0. The Morgan fingerprint density at radius 3 is 2.58 bits per heavy atom. The summed E-state index contributed by atoms with van der Waals surface area (Å²) >= 11 is 0. The molecule has 0 N–H and O–H groups in total. The van der Waals surface area contributed by atoms with E-state index >= 15 is 0 Å². The highest BCUT2D eigenvalue weighted by atomic mass is 19.4. The molecule has 0 bridgehead atoms. The van der Waals surface area contributed by atoms with Gasteiger partial charge in [0.25, 0.3) is 0 Å². The smallest absolute Gasteiger partial charge is 0.444 e. The van der Waals surface area contributed by atoms with Crippen molar-refractivity contribution in [1.82, 2.24) is 15.0 Å². The lowest BCUT2D eigenvalue weighted by molar-refractivity contribution is -0.159. The Hall–Kier alpha value is -2.58. The van der Waals surface area contributed by atoms with Crippen LogP contribution in [0.15, 0.2) is 22.7 Å². The molecule has 0 fully saturated rings. The average Bonchev–Trinajstić information content (AvgIpc) is 3.02. The average molecular weight is 369 g/mol. The van der Waals surface area contributed by atoms with E-state index in [4.69, 9.17) is 4.74 Å². The van der Waals surface area contributed by atoms with E-state index in [-0.39, 0.29) is 11.9 Å². The molecule has 1 amide bonds. The van der Waals surface area contributed by atoms with Gasteiger partial charge < -0.3 is 14.2 Å². The van der Waals surface area contributed by atoms with Gasteiger partial charge in [-0.2, -0.15) is 18.2 Å². The van der Waals surface area contributed by atoms with Gasteiger partial charge in [-0.25, -0.2) is 4.79 Å². The Balaban J connectivity index is 1.77. The normalized spacial score (nSPS) is 14.9. The highest BCUT2D eigenvalue weighted by Gasteiger charge is 2.38. The van der Waals surface area contributed by atoms with Crippen LogP contribution in [0.3, 0.4) is 0 Å². The number of amides is 1. The molecule has 0 spiro atoms. The first-order valence-electron chi connectivity index (χ1n) is 8.04. The Morgan fingerprint density at radius 1 is 1.23 bits per heavy atom. The molecule has 6 nitrogen and oxygen atoms in total. The predicted octanol–water partition coefficient (Wildman–Crippen LogP) is 4.05. The van der Waals surface area contributed by atoms with Crippen molar-refractivity contribution in [1.29, 1.82) is 0 Å². The minimum atomic E-state index is -4.67. The summed E-state index contributed by atoms with van der Waals surface area (Å²) in [7, 11) is 0. The molecule has 140 valence electrons. The number of hydrogen-bond donors (Lipinski definition) is 0. The van der Waals surface area contributed by atoms with Crippen molar-refractivity contribution in [2.24, 2.45) is 0 Å². The van der Waals surface area contributed by atoms with Crippen molar-refractivity contribution in [2.45, 2.75) is 45.5 Å². The lowest BCUT2D eigenvalue weighted by Crippen LogP contribution is -2.39. The van der Waals surface area contributed by atoms with E-state index in [2.05, 4.69) is 14.7 Å². The third kappa shape index (κ3) is 3.97. The van der Waals surface area contributed by atoms with Crippen molar-refractivity contribution < 1.29 is 27.2 Å². The zero-order valence-electron chi connectivity index (χ0n) is 14.6. The van der Waals surface area contributed by atoms with E-state index in [0.717, 1.165) is 11.1 Å². The zero-order valence-corrected chi connectivity index (χ0v) is 14.6. The van der Waals surface area contributed by atoms with Crippen LogP contribution >= 0.6 is 0 Å². The summed E-state index contributed by atoms with van der Waals surface area (Å²) in [6.45, 7) is 6.25. The van der Waals surface area contributed by atoms with Gasteiger partial charge in [-0.1, -0.05) is 17.3 Å².